The van der Waals surface area contributed by atoms with Gasteiger partial charge in [0, 0.05) is 14.6 Å². The number of benzene rings is 1. The van der Waals surface area contributed by atoms with E-state index < -0.39 is 14.8 Å². The second kappa shape index (κ2) is 4.78. The average Bonchev–Trinajstić information content (AvgIpc) is 2.09. The molecule has 17 heavy (non-hydrogen) atoms. The van der Waals surface area contributed by atoms with Gasteiger partial charge in [-0.1, -0.05) is 0 Å². The van der Waals surface area contributed by atoms with Crippen molar-refractivity contribution in [2.75, 3.05) is 10.5 Å². The Labute approximate surface area is 118 Å². The van der Waals surface area contributed by atoms with Crippen LogP contribution < -0.4 is 10.5 Å². The molecular weight excluding hydrogens is 372 g/mol. The van der Waals surface area contributed by atoms with Gasteiger partial charge >= 0.3 is 0 Å². The molecule has 0 atom stereocenters. The van der Waals surface area contributed by atoms with Crippen molar-refractivity contribution in [3.63, 3.8) is 0 Å². The van der Waals surface area contributed by atoms with E-state index in [-0.39, 0.29) is 0 Å². The maximum atomic E-state index is 12.0. The fourth-order valence-electron chi connectivity index (χ4n) is 0.978. The van der Waals surface area contributed by atoms with Gasteiger partial charge in [0.25, 0.3) is 0 Å². The van der Waals surface area contributed by atoms with Gasteiger partial charge < -0.3 is 5.73 Å². The van der Waals surface area contributed by atoms with Crippen LogP contribution in [0.25, 0.3) is 0 Å². The topological polar surface area (TPSA) is 72.2 Å². The number of anilines is 2. The predicted molar refractivity (Wildman–Crippen MR) is 78.5 cm³/mol. The number of nitrogens with two attached hydrogens (primary N) is 1. The smallest absolute Gasteiger partial charge is 0.237 e. The number of nitrogens with one attached hydrogen (secondary N) is 1. The highest BCUT2D eigenvalue weighted by molar-refractivity contribution is 9.11. The highest BCUT2D eigenvalue weighted by Gasteiger charge is 2.30. The van der Waals surface area contributed by atoms with Gasteiger partial charge in [-0.3, -0.25) is 4.72 Å². The van der Waals surface area contributed by atoms with Crippen molar-refractivity contribution >= 4 is 53.3 Å². The standard InChI is InChI=1S/C10H14Br2N2O2S/c1-10(2,3)17(15,16)14-9-7(11)4-6(13)5-8(9)12/h4-5,14H,13H2,1-3H3. The maximum Gasteiger partial charge on any atom is 0.237 e. The molecule has 0 bridgehead atoms. The first-order valence-corrected chi connectivity index (χ1v) is 7.88. The molecule has 1 rings (SSSR count). The second-order valence-corrected chi connectivity index (χ2v) is 8.72. The molecule has 0 spiro atoms. The van der Waals surface area contributed by atoms with E-state index in [1.165, 1.54) is 0 Å². The molecule has 1 aromatic rings. The van der Waals surface area contributed by atoms with Crippen molar-refractivity contribution in [1.82, 2.24) is 0 Å². The van der Waals surface area contributed by atoms with E-state index in [2.05, 4.69) is 36.6 Å². The van der Waals surface area contributed by atoms with Crippen molar-refractivity contribution in [1.29, 1.82) is 0 Å². The molecule has 0 saturated carbocycles. The molecule has 0 saturated heterocycles. The van der Waals surface area contributed by atoms with E-state index in [0.717, 1.165) is 0 Å². The van der Waals surface area contributed by atoms with E-state index in [4.69, 9.17) is 5.73 Å². The summed E-state index contributed by atoms with van der Waals surface area (Å²) in [6.07, 6.45) is 0. The minimum atomic E-state index is -3.46. The molecule has 0 fully saturated rings. The van der Waals surface area contributed by atoms with Crippen LogP contribution >= 0.6 is 31.9 Å². The summed E-state index contributed by atoms with van der Waals surface area (Å²) in [6.45, 7) is 4.90. The molecule has 0 aromatic heterocycles. The molecule has 0 aliphatic carbocycles. The molecule has 3 N–H and O–H groups in total. The third kappa shape index (κ3) is 3.35. The molecule has 7 heteroatoms. The lowest BCUT2D eigenvalue weighted by Gasteiger charge is -2.21. The lowest BCUT2D eigenvalue weighted by molar-refractivity contribution is 0.566. The highest BCUT2D eigenvalue weighted by Crippen LogP contribution is 2.35. The summed E-state index contributed by atoms with van der Waals surface area (Å²) in [5.74, 6) is 0. The number of halogens is 2. The third-order valence-electron chi connectivity index (χ3n) is 2.11. The molecule has 1 aromatic carbocycles. The summed E-state index contributed by atoms with van der Waals surface area (Å²) < 4.78 is 26.9. The van der Waals surface area contributed by atoms with E-state index >= 15 is 0 Å². The van der Waals surface area contributed by atoms with Gasteiger partial charge in [0.05, 0.1) is 10.4 Å². The summed E-state index contributed by atoms with van der Waals surface area (Å²) in [7, 11) is -3.46. The summed E-state index contributed by atoms with van der Waals surface area (Å²) in [6, 6.07) is 3.29. The summed E-state index contributed by atoms with van der Waals surface area (Å²) >= 11 is 6.56. The number of hydrogen-bond acceptors (Lipinski definition) is 3. The van der Waals surface area contributed by atoms with E-state index in [9.17, 15) is 8.42 Å². The van der Waals surface area contributed by atoms with Crippen LogP contribution in [0.3, 0.4) is 0 Å². The Morgan fingerprint density at radius 3 is 1.94 bits per heavy atom. The van der Waals surface area contributed by atoms with Crippen molar-refractivity contribution < 1.29 is 8.42 Å². The third-order valence-corrected chi connectivity index (χ3v) is 5.44. The molecule has 0 aliphatic rings. The zero-order valence-corrected chi connectivity index (χ0v) is 13.7. The first-order valence-electron chi connectivity index (χ1n) is 4.81. The minimum absolute atomic E-state index is 0.453. The predicted octanol–water partition coefficient (Wildman–Crippen LogP) is 3.33. The summed E-state index contributed by atoms with van der Waals surface area (Å²) in [4.78, 5) is 0. The van der Waals surface area contributed by atoms with Crippen molar-refractivity contribution in [2.45, 2.75) is 25.5 Å². The SMILES string of the molecule is CC(C)(C)S(=O)(=O)Nc1c(Br)cc(N)cc1Br. The first-order chi connectivity index (χ1) is 7.54. The zero-order valence-electron chi connectivity index (χ0n) is 9.71. The van der Waals surface area contributed by atoms with Crippen LogP contribution in [0.5, 0.6) is 0 Å². The Hall–Kier alpha value is -0.270. The Morgan fingerprint density at radius 2 is 1.59 bits per heavy atom. The Kier molecular flexibility index (Phi) is 4.16. The quantitative estimate of drug-likeness (QED) is 0.767. The average molecular weight is 386 g/mol. The fraction of sp³-hybridized carbons (Fsp3) is 0.400. The van der Waals surface area contributed by atoms with Gasteiger partial charge in [-0.05, 0) is 64.8 Å². The summed E-state index contributed by atoms with van der Waals surface area (Å²) in [5, 5.41) is 0. The van der Waals surface area contributed by atoms with Gasteiger partial charge in [0.2, 0.25) is 10.0 Å². The lowest BCUT2D eigenvalue weighted by atomic mass is 10.3. The number of hydrogen-bond donors (Lipinski definition) is 2. The zero-order chi connectivity index (χ0) is 13.4. The molecule has 0 unspecified atom stereocenters. The molecule has 0 heterocycles. The normalized spacial score (nSPS) is 12.5. The van der Waals surface area contributed by atoms with E-state index in [1.54, 1.807) is 32.9 Å². The van der Waals surface area contributed by atoms with Crippen molar-refractivity contribution in [3.05, 3.63) is 21.1 Å². The van der Waals surface area contributed by atoms with Gasteiger partial charge in [-0.15, -0.1) is 0 Å². The molecule has 0 aliphatic heterocycles. The van der Waals surface area contributed by atoms with Crippen molar-refractivity contribution in [3.8, 4) is 0 Å². The molecule has 4 nitrogen and oxygen atoms in total. The first kappa shape index (κ1) is 14.8. The number of rotatable bonds is 2. The van der Waals surface area contributed by atoms with Crippen LogP contribution in [0.4, 0.5) is 11.4 Å². The van der Waals surface area contributed by atoms with E-state index in [0.29, 0.717) is 20.3 Å². The van der Waals surface area contributed by atoms with Crippen LogP contribution in [0.2, 0.25) is 0 Å². The Morgan fingerprint density at radius 1 is 1.18 bits per heavy atom. The van der Waals surface area contributed by atoms with Gasteiger partial charge in [0.1, 0.15) is 0 Å². The maximum absolute atomic E-state index is 12.0. The van der Waals surface area contributed by atoms with Crippen LogP contribution in [0, 0.1) is 0 Å². The van der Waals surface area contributed by atoms with E-state index in [1.807, 2.05) is 0 Å². The lowest BCUT2D eigenvalue weighted by Crippen LogP contribution is -2.33. The minimum Gasteiger partial charge on any atom is -0.399 e. The Balaban J connectivity index is 3.22. The highest BCUT2D eigenvalue weighted by atomic mass is 79.9. The van der Waals surface area contributed by atoms with Crippen LogP contribution in [-0.2, 0) is 10.0 Å². The van der Waals surface area contributed by atoms with Crippen LogP contribution in [-0.4, -0.2) is 13.2 Å². The second-order valence-electron chi connectivity index (χ2n) is 4.58. The molecule has 0 amide bonds. The van der Waals surface area contributed by atoms with Crippen LogP contribution in [0.1, 0.15) is 20.8 Å². The summed E-state index contributed by atoms with van der Waals surface area (Å²) in [5.41, 5.74) is 6.64. The van der Waals surface area contributed by atoms with Crippen LogP contribution in [0.15, 0.2) is 21.1 Å². The monoisotopic (exact) mass is 384 g/mol. The molecule has 0 radical (unpaired) electrons. The fourth-order valence-corrected chi connectivity index (χ4v) is 3.46. The molecule has 96 valence electrons. The van der Waals surface area contributed by atoms with Gasteiger partial charge in [0.15, 0.2) is 0 Å². The number of nitrogen functional groups attached to an aromatic ring is 1. The van der Waals surface area contributed by atoms with Gasteiger partial charge in [-0.25, -0.2) is 8.42 Å². The molecular formula is C10H14Br2N2O2S. The Bertz CT molecular complexity index is 513. The van der Waals surface area contributed by atoms with Crippen molar-refractivity contribution in [2.24, 2.45) is 0 Å². The number of sulfonamides is 1. The van der Waals surface area contributed by atoms with Gasteiger partial charge in [-0.2, -0.15) is 0 Å². The largest absolute Gasteiger partial charge is 0.399 e.